The van der Waals surface area contributed by atoms with Gasteiger partial charge in [-0.15, -0.1) is 0 Å². The number of rotatable bonds is 9. The summed E-state index contributed by atoms with van der Waals surface area (Å²) in [6.07, 6.45) is 4.79. The summed E-state index contributed by atoms with van der Waals surface area (Å²) in [4.78, 5) is 14.6. The van der Waals surface area contributed by atoms with E-state index in [0.717, 1.165) is 44.6 Å². The molecule has 0 spiro atoms. The lowest BCUT2D eigenvalue weighted by Gasteiger charge is -2.31. The van der Waals surface area contributed by atoms with Crippen LogP contribution in [-0.4, -0.2) is 62.8 Å². The lowest BCUT2D eigenvalue weighted by Crippen LogP contribution is -2.44. The zero-order chi connectivity index (χ0) is 21.4. The van der Waals surface area contributed by atoms with Crippen LogP contribution in [0.3, 0.4) is 0 Å². The maximum Gasteiger partial charge on any atom is 0.242 e. The summed E-state index contributed by atoms with van der Waals surface area (Å²) in [5.41, 5.74) is 1.31. The highest BCUT2D eigenvalue weighted by atomic mass is 32.2. The van der Waals surface area contributed by atoms with E-state index in [2.05, 4.69) is 30.1 Å². The van der Waals surface area contributed by atoms with E-state index in [1.807, 2.05) is 0 Å². The molecule has 2 rings (SSSR count). The van der Waals surface area contributed by atoms with E-state index in [1.165, 1.54) is 29.1 Å². The molecular weight excluding hydrogens is 393 g/mol. The number of nitrogens with zero attached hydrogens (tertiary/aromatic N) is 2. The predicted molar refractivity (Wildman–Crippen MR) is 112 cm³/mol. The van der Waals surface area contributed by atoms with Gasteiger partial charge in [-0.25, -0.2) is 17.1 Å². The van der Waals surface area contributed by atoms with Crippen LogP contribution in [0.25, 0.3) is 0 Å². The van der Waals surface area contributed by atoms with Crippen LogP contribution >= 0.6 is 0 Å². The molecule has 0 atom stereocenters. The second-order valence-corrected chi connectivity index (χ2v) is 9.85. The quantitative estimate of drug-likeness (QED) is 0.618. The number of carbonyl (C=O) groups excluding carboxylic acids is 1. The Morgan fingerprint density at radius 1 is 1.24 bits per heavy atom. The van der Waals surface area contributed by atoms with Crippen LogP contribution in [0, 0.1) is 5.82 Å². The van der Waals surface area contributed by atoms with Crippen molar-refractivity contribution in [3.05, 3.63) is 41.7 Å². The van der Waals surface area contributed by atoms with E-state index in [4.69, 9.17) is 0 Å². The molecule has 1 saturated heterocycles. The smallest absolute Gasteiger partial charge is 0.242 e. The van der Waals surface area contributed by atoms with Crippen molar-refractivity contribution in [3.8, 4) is 0 Å². The third-order valence-electron chi connectivity index (χ3n) is 5.11. The van der Waals surface area contributed by atoms with E-state index >= 15 is 0 Å². The number of piperidine rings is 1. The van der Waals surface area contributed by atoms with Crippen molar-refractivity contribution >= 4 is 15.9 Å². The van der Waals surface area contributed by atoms with Gasteiger partial charge in [0.1, 0.15) is 5.82 Å². The zero-order valence-electron chi connectivity index (χ0n) is 17.5. The second-order valence-electron chi connectivity index (χ2n) is 7.81. The molecule has 1 N–H and O–H groups in total. The SMILES string of the molecule is CC(C)=CCN1CCC(NC(=O)CCCN(C)S(=O)(=O)c2ccc(F)cc2)CC1. The first-order valence-corrected chi connectivity index (χ1v) is 11.5. The van der Waals surface area contributed by atoms with Crippen molar-refractivity contribution in [2.45, 2.75) is 50.5 Å². The van der Waals surface area contributed by atoms with Crippen LogP contribution in [0.15, 0.2) is 40.8 Å². The minimum atomic E-state index is -3.67. The molecule has 6 nitrogen and oxygen atoms in total. The van der Waals surface area contributed by atoms with Gasteiger partial charge < -0.3 is 5.32 Å². The van der Waals surface area contributed by atoms with Crippen LogP contribution in [0.5, 0.6) is 0 Å². The average molecular weight is 426 g/mol. The normalized spacial score (nSPS) is 16.0. The van der Waals surface area contributed by atoms with E-state index in [1.54, 1.807) is 0 Å². The molecule has 8 heteroatoms. The number of likely N-dealkylation sites (tertiary alicyclic amines) is 1. The summed E-state index contributed by atoms with van der Waals surface area (Å²) in [6.45, 7) is 7.30. The molecule has 1 heterocycles. The number of nitrogens with one attached hydrogen (secondary N) is 1. The van der Waals surface area contributed by atoms with Crippen LogP contribution in [-0.2, 0) is 14.8 Å². The maximum atomic E-state index is 13.0. The van der Waals surface area contributed by atoms with Gasteiger partial charge in [0.15, 0.2) is 0 Å². The Balaban J connectivity index is 1.70. The van der Waals surface area contributed by atoms with Gasteiger partial charge in [0, 0.05) is 45.7 Å². The van der Waals surface area contributed by atoms with Crippen molar-refractivity contribution in [1.29, 1.82) is 0 Å². The van der Waals surface area contributed by atoms with Gasteiger partial charge in [0.25, 0.3) is 0 Å². The molecular formula is C21H32FN3O3S. The number of halogens is 1. The topological polar surface area (TPSA) is 69.7 Å². The molecule has 0 aliphatic carbocycles. The van der Waals surface area contributed by atoms with Gasteiger partial charge >= 0.3 is 0 Å². The van der Waals surface area contributed by atoms with Crippen molar-refractivity contribution in [3.63, 3.8) is 0 Å². The summed E-state index contributed by atoms with van der Waals surface area (Å²) in [6, 6.07) is 4.93. The first kappa shape index (κ1) is 23.5. The van der Waals surface area contributed by atoms with Crippen LogP contribution in [0.2, 0.25) is 0 Å². The predicted octanol–water partition coefficient (Wildman–Crippen LogP) is 2.77. The number of carbonyl (C=O) groups is 1. The monoisotopic (exact) mass is 425 g/mol. The molecule has 0 aromatic heterocycles. The maximum absolute atomic E-state index is 13.0. The molecule has 0 bridgehead atoms. The Morgan fingerprint density at radius 2 is 1.86 bits per heavy atom. The number of benzene rings is 1. The molecule has 0 unspecified atom stereocenters. The Labute approximate surface area is 173 Å². The van der Waals surface area contributed by atoms with Crippen molar-refractivity contribution in [2.24, 2.45) is 0 Å². The van der Waals surface area contributed by atoms with Crippen LogP contribution in [0.4, 0.5) is 4.39 Å². The van der Waals surface area contributed by atoms with Crippen molar-refractivity contribution < 1.29 is 17.6 Å². The molecule has 162 valence electrons. The van der Waals surface area contributed by atoms with Gasteiger partial charge in [-0.3, -0.25) is 9.69 Å². The van der Waals surface area contributed by atoms with Gasteiger partial charge in [0.2, 0.25) is 15.9 Å². The van der Waals surface area contributed by atoms with E-state index in [-0.39, 0.29) is 29.8 Å². The van der Waals surface area contributed by atoms with Gasteiger partial charge in [-0.2, -0.15) is 0 Å². The summed E-state index contributed by atoms with van der Waals surface area (Å²) in [7, 11) is -2.20. The summed E-state index contributed by atoms with van der Waals surface area (Å²) < 4.78 is 39.1. The van der Waals surface area contributed by atoms with Crippen LogP contribution in [0.1, 0.15) is 39.5 Å². The molecule has 29 heavy (non-hydrogen) atoms. The molecule has 1 aliphatic heterocycles. The Hall–Kier alpha value is -1.77. The fourth-order valence-electron chi connectivity index (χ4n) is 3.24. The van der Waals surface area contributed by atoms with Gasteiger partial charge in [-0.05, 0) is 57.4 Å². The molecule has 0 radical (unpaired) electrons. The molecule has 1 aliphatic rings. The highest BCUT2D eigenvalue weighted by Gasteiger charge is 2.22. The van der Waals surface area contributed by atoms with E-state index < -0.39 is 15.8 Å². The average Bonchev–Trinajstić information content (AvgIpc) is 2.67. The highest BCUT2D eigenvalue weighted by Crippen LogP contribution is 2.15. The highest BCUT2D eigenvalue weighted by molar-refractivity contribution is 7.89. The largest absolute Gasteiger partial charge is 0.353 e. The van der Waals surface area contributed by atoms with Crippen molar-refractivity contribution in [2.75, 3.05) is 33.2 Å². The van der Waals surface area contributed by atoms with E-state index in [0.29, 0.717) is 6.42 Å². The minimum Gasteiger partial charge on any atom is -0.353 e. The second kappa shape index (κ2) is 10.8. The number of amides is 1. The zero-order valence-corrected chi connectivity index (χ0v) is 18.3. The number of sulfonamides is 1. The third kappa shape index (κ3) is 7.53. The van der Waals surface area contributed by atoms with E-state index in [9.17, 15) is 17.6 Å². The first-order chi connectivity index (χ1) is 13.7. The van der Waals surface area contributed by atoms with Crippen LogP contribution < -0.4 is 5.32 Å². The Kier molecular flexibility index (Phi) is 8.79. The number of hydrogen-bond donors (Lipinski definition) is 1. The fraction of sp³-hybridized carbons (Fsp3) is 0.571. The molecule has 1 fully saturated rings. The first-order valence-electron chi connectivity index (χ1n) is 10.1. The molecule has 1 aromatic carbocycles. The minimum absolute atomic E-state index is 0.0414. The number of allylic oxidation sites excluding steroid dienone is 1. The Morgan fingerprint density at radius 3 is 2.45 bits per heavy atom. The summed E-state index contributed by atoms with van der Waals surface area (Å²) >= 11 is 0. The summed E-state index contributed by atoms with van der Waals surface area (Å²) in [5, 5.41) is 3.06. The number of hydrogen-bond acceptors (Lipinski definition) is 4. The molecule has 1 amide bonds. The lowest BCUT2D eigenvalue weighted by atomic mass is 10.0. The standard InChI is InChI=1S/C21H32FN3O3S/c1-17(2)10-14-25-15-11-19(12-16-25)23-21(26)5-4-13-24(3)29(27,28)20-8-6-18(22)7-9-20/h6-10,19H,4-5,11-16H2,1-3H3,(H,23,26). The van der Waals surface area contributed by atoms with Gasteiger partial charge in [0.05, 0.1) is 4.90 Å². The van der Waals surface area contributed by atoms with Crippen molar-refractivity contribution in [1.82, 2.24) is 14.5 Å². The fourth-order valence-corrected chi connectivity index (χ4v) is 4.45. The van der Waals surface area contributed by atoms with Gasteiger partial charge in [-0.1, -0.05) is 11.6 Å². The summed E-state index contributed by atoms with van der Waals surface area (Å²) in [5.74, 6) is -0.522. The lowest BCUT2D eigenvalue weighted by molar-refractivity contribution is -0.122. The third-order valence-corrected chi connectivity index (χ3v) is 6.98. The molecule has 0 saturated carbocycles. The molecule has 1 aromatic rings. The Bertz CT molecular complexity index is 797.